The second kappa shape index (κ2) is 6.02. The van der Waals surface area contributed by atoms with E-state index in [1.54, 1.807) is 6.07 Å². The Morgan fingerprint density at radius 3 is 2.85 bits per heavy atom. The molecule has 1 fully saturated rings. The van der Waals surface area contributed by atoms with Gasteiger partial charge in [0, 0.05) is 18.2 Å². The molecule has 2 heterocycles. The van der Waals surface area contributed by atoms with Gasteiger partial charge in [0.15, 0.2) is 5.22 Å². The molecule has 2 aromatic rings. The first kappa shape index (κ1) is 13.7. The summed E-state index contributed by atoms with van der Waals surface area (Å²) in [6, 6.07) is 4.20. The summed E-state index contributed by atoms with van der Waals surface area (Å²) in [4.78, 5) is 0. The number of aliphatic hydroxyl groups is 1. The molecule has 5 heteroatoms. The Labute approximate surface area is 123 Å². The van der Waals surface area contributed by atoms with Crippen molar-refractivity contribution in [2.45, 2.75) is 50.7 Å². The molecular weight excluding hydrogens is 276 g/mol. The van der Waals surface area contributed by atoms with Gasteiger partial charge in [-0.3, -0.25) is 4.68 Å². The SMILES string of the molecule is OC(Cc1ccn(C2CCCCC2)n1)c1ccoc1Cl. The lowest BCUT2D eigenvalue weighted by Crippen LogP contribution is -2.13. The zero-order valence-corrected chi connectivity index (χ0v) is 12.1. The lowest BCUT2D eigenvalue weighted by molar-refractivity contribution is 0.176. The minimum absolute atomic E-state index is 0.254. The van der Waals surface area contributed by atoms with Crippen LogP contribution in [0.5, 0.6) is 0 Å². The quantitative estimate of drug-likeness (QED) is 0.930. The largest absolute Gasteiger partial charge is 0.453 e. The van der Waals surface area contributed by atoms with Crippen LogP contribution in [-0.4, -0.2) is 14.9 Å². The van der Waals surface area contributed by atoms with Crippen LogP contribution in [0.15, 0.2) is 29.0 Å². The van der Waals surface area contributed by atoms with Gasteiger partial charge in [-0.1, -0.05) is 19.3 Å². The predicted octanol–water partition coefficient (Wildman–Crippen LogP) is 3.91. The van der Waals surface area contributed by atoms with Gasteiger partial charge < -0.3 is 9.52 Å². The van der Waals surface area contributed by atoms with Gasteiger partial charge in [0.25, 0.3) is 0 Å². The average molecular weight is 295 g/mol. The Morgan fingerprint density at radius 1 is 1.35 bits per heavy atom. The molecule has 3 rings (SSSR count). The van der Waals surface area contributed by atoms with Gasteiger partial charge >= 0.3 is 0 Å². The molecule has 1 N–H and O–H groups in total. The Bertz CT molecular complexity index is 558. The highest BCUT2D eigenvalue weighted by Crippen LogP contribution is 2.29. The van der Waals surface area contributed by atoms with Crippen molar-refractivity contribution in [2.24, 2.45) is 0 Å². The van der Waals surface area contributed by atoms with E-state index < -0.39 is 6.10 Å². The number of furan rings is 1. The number of hydrogen-bond acceptors (Lipinski definition) is 3. The van der Waals surface area contributed by atoms with E-state index in [4.69, 9.17) is 16.0 Å². The first-order valence-corrected chi connectivity index (χ1v) is 7.57. The van der Waals surface area contributed by atoms with E-state index in [0.717, 1.165) is 5.69 Å². The number of aliphatic hydroxyl groups excluding tert-OH is 1. The van der Waals surface area contributed by atoms with Crippen molar-refractivity contribution < 1.29 is 9.52 Å². The molecule has 0 aromatic carbocycles. The average Bonchev–Trinajstić information content (AvgIpc) is 3.09. The summed E-state index contributed by atoms with van der Waals surface area (Å²) in [5, 5.41) is 15.0. The topological polar surface area (TPSA) is 51.2 Å². The summed E-state index contributed by atoms with van der Waals surface area (Å²) >= 11 is 5.88. The maximum absolute atomic E-state index is 10.2. The molecule has 20 heavy (non-hydrogen) atoms. The Kier molecular flexibility index (Phi) is 4.13. The van der Waals surface area contributed by atoms with E-state index in [1.807, 2.05) is 12.3 Å². The maximum Gasteiger partial charge on any atom is 0.198 e. The lowest BCUT2D eigenvalue weighted by Gasteiger charge is -2.21. The molecule has 0 saturated heterocycles. The van der Waals surface area contributed by atoms with Gasteiger partial charge in [0.05, 0.1) is 24.1 Å². The number of nitrogens with zero attached hydrogens (tertiary/aromatic N) is 2. The molecule has 0 amide bonds. The summed E-state index contributed by atoms with van der Waals surface area (Å²) < 4.78 is 7.06. The zero-order chi connectivity index (χ0) is 13.9. The third-order valence-electron chi connectivity index (χ3n) is 4.02. The van der Waals surface area contributed by atoms with Crippen molar-refractivity contribution in [1.29, 1.82) is 0 Å². The Morgan fingerprint density at radius 2 is 2.15 bits per heavy atom. The molecule has 108 valence electrons. The molecule has 1 saturated carbocycles. The van der Waals surface area contributed by atoms with Crippen molar-refractivity contribution in [1.82, 2.24) is 9.78 Å². The van der Waals surface area contributed by atoms with Crippen LogP contribution >= 0.6 is 11.6 Å². The van der Waals surface area contributed by atoms with Gasteiger partial charge in [0.2, 0.25) is 0 Å². The van der Waals surface area contributed by atoms with E-state index in [-0.39, 0.29) is 5.22 Å². The molecule has 0 aliphatic heterocycles. The number of aromatic nitrogens is 2. The number of rotatable bonds is 4. The molecule has 1 atom stereocenters. The van der Waals surface area contributed by atoms with Crippen molar-refractivity contribution in [3.8, 4) is 0 Å². The van der Waals surface area contributed by atoms with E-state index in [1.165, 1.54) is 38.4 Å². The first-order chi connectivity index (χ1) is 9.74. The van der Waals surface area contributed by atoms with Crippen LogP contribution < -0.4 is 0 Å². The molecule has 0 spiro atoms. The van der Waals surface area contributed by atoms with E-state index in [2.05, 4.69) is 9.78 Å². The molecule has 2 aromatic heterocycles. The standard InChI is InChI=1S/C15H19ClN2O2/c16-15-13(7-9-20-15)14(19)10-11-6-8-18(17-11)12-4-2-1-3-5-12/h6-9,12,14,19H,1-5,10H2. The Hall–Kier alpha value is -1.26. The first-order valence-electron chi connectivity index (χ1n) is 7.19. The summed E-state index contributed by atoms with van der Waals surface area (Å²) in [6.07, 6.45) is 9.61. The normalized spacial score (nSPS) is 18.3. The highest BCUT2D eigenvalue weighted by Gasteiger charge is 2.19. The van der Waals surface area contributed by atoms with Crippen molar-refractivity contribution in [2.75, 3.05) is 0 Å². The van der Waals surface area contributed by atoms with Crippen LogP contribution in [-0.2, 0) is 6.42 Å². The third kappa shape index (κ3) is 2.91. The van der Waals surface area contributed by atoms with Crippen LogP contribution in [0, 0.1) is 0 Å². The minimum atomic E-state index is -0.670. The minimum Gasteiger partial charge on any atom is -0.453 e. The van der Waals surface area contributed by atoms with Crippen LogP contribution in [0.1, 0.15) is 55.5 Å². The zero-order valence-electron chi connectivity index (χ0n) is 11.3. The van der Waals surface area contributed by atoms with Crippen LogP contribution in [0.4, 0.5) is 0 Å². The fourth-order valence-corrected chi connectivity index (χ4v) is 3.13. The Balaban J connectivity index is 1.66. The van der Waals surface area contributed by atoms with Gasteiger partial charge in [-0.05, 0) is 36.6 Å². The van der Waals surface area contributed by atoms with Crippen molar-refractivity contribution in [3.05, 3.63) is 41.1 Å². The summed E-state index contributed by atoms with van der Waals surface area (Å²) in [6.45, 7) is 0. The summed E-state index contributed by atoms with van der Waals surface area (Å²) in [7, 11) is 0. The second-order valence-electron chi connectivity index (χ2n) is 5.45. The molecular formula is C15H19ClN2O2. The molecule has 0 bridgehead atoms. The second-order valence-corrected chi connectivity index (χ2v) is 5.79. The van der Waals surface area contributed by atoms with Gasteiger partial charge in [-0.15, -0.1) is 0 Å². The fourth-order valence-electron chi connectivity index (χ4n) is 2.89. The fraction of sp³-hybridized carbons (Fsp3) is 0.533. The third-order valence-corrected chi connectivity index (χ3v) is 4.33. The van der Waals surface area contributed by atoms with Gasteiger partial charge in [-0.2, -0.15) is 5.10 Å². The van der Waals surface area contributed by atoms with Crippen molar-refractivity contribution >= 4 is 11.6 Å². The molecule has 4 nitrogen and oxygen atoms in total. The van der Waals surface area contributed by atoms with Crippen LogP contribution in [0.2, 0.25) is 5.22 Å². The maximum atomic E-state index is 10.2. The molecule has 1 unspecified atom stereocenters. The highest BCUT2D eigenvalue weighted by atomic mass is 35.5. The predicted molar refractivity (Wildman–Crippen MR) is 76.7 cm³/mol. The van der Waals surface area contributed by atoms with Gasteiger partial charge in [0.1, 0.15) is 0 Å². The molecule has 1 aliphatic carbocycles. The number of hydrogen-bond donors (Lipinski definition) is 1. The smallest absolute Gasteiger partial charge is 0.198 e. The molecule has 0 radical (unpaired) electrons. The summed E-state index contributed by atoms with van der Waals surface area (Å²) in [5.74, 6) is 0. The molecule has 1 aliphatic rings. The lowest BCUT2D eigenvalue weighted by atomic mass is 9.96. The van der Waals surface area contributed by atoms with Crippen LogP contribution in [0.25, 0.3) is 0 Å². The monoisotopic (exact) mass is 294 g/mol. The summed E-state index contributed by atoms with van der Waals surface area (Å²) in [5.41, 5.74) is 1.51. The van der Waals surface area contributed by atoms with Gasteiger partial charge in [-0.25, -0.2) is 0 Å². The number of halogens is 1. The van der Waals surface area contributed by atoms with E-state index >= 15 is 0 Å². The highest BCUT2D eigenvalue weighted by molar-refractivity contribution is 6.29. The van der Waals surface area contributed by atoms with E-state index in [9.17, 15) is 5.11 Å². The van der Waals surface area contributed by atoms with Crippen molar-refractivity contribution in [3.63, 3.8) is 0 Å². The van der Waals surface area contributed by atoms with E-state index in [0.29, 0.717) is 18.0 Å². The van der Waals surface area contributed by atoms with Crippen LogP contribution in [0.3, 0.4) is 0 Å².